The Morgan fingerprint density at radius 1 is 1.12 bits per heavy atom. The first-order valence-electron chi connectivity index (χ1n) is 6.55. The Morgan fingerprint density at radius 2 is 1.76 bits per heavy atom. The number of hydrogen-bond acceptors (Lipinski definition) is 2. The molecule has 1 aromatic rings. The fourth-order valence-electron chi connectivity index (χ4n) is 2.98. The van der Waals surface area contributed by atoms with E-state index in [4.69, 9.17) is 0 Å². The molecule has 2 fully saturated rings. The van der Waals surface area contributed by atoms with E-state index in [1.165, 1.54) is 18.4 Å². The lowest BCUT2D eigenvalue weighted by Gasteiger charge is -2.35. The summed E-state index contributed by atoms with van der Waals surface area (Å²) in [5, 5.41) is 9.20. The van der Waals surface area contributed by atoms with Crippen LogP contribution in [0, 0.1) is 11.3 Å². The molecule has 1 aliphatic carbocycles. The summed E-state index contributed by atoms with van der Waals surface area (Å²) in [6.07, 6.45) is 4.57. The van der Waals surface area contributed by atoms with Crippen LogP contribution in [-0.4, -0.2) is 23.5 Å². The second-order valence-electron chi connectivity index (χ2n) is 5.32. The van der Waals surface area contributed by atoms with Crippen LogP contribution in [0.3, 0.4) is 0 Å². The highest BCUT2D eigenvalue weighted by Gasteiger charge is 2.49. The summed E-state index contributed by atoms with van der Waals surface area (Å²) in [4.78, 5) is 2.41. The van der Waals surface area contributed by atoms with Crippen molar-refractivity contribution in [1.82, 2.24) is 4.90 Å². The Bertz CT molecular complexity index is 420. The second-order valence-corrected chi connectivity index (χ2v) is 5.32. The van der Waals surface area contributed by atoms with E-state index in [1.807, 2.05) is 0 Å². The molecule has 3 rings (SSSR count). The van der Waals surface area contributed by atoms with E-state index < -0.39 is 0 Å². The predicted octanol–water partition coefficient (Wildman–Crippen LogP) is 2.92. The molecule has 0 radical (unpaired) electrons. The molecule has 1 aliphatic heterocycles. The Kier molecular flexibility index (Phi) is 2.64. The highest BCUT2D eigenvalue weighted by Crippen LogP contribution is 2.43. The molecule has 0 spiro atoms. The maximum Gasteiger partial charge on any atom is 0.109 e. The van der Waals surface area contributed by atoms with Crippen LogP contribution >= 0.6 is 0 Å². The number of piperidine rings is 1. The van der Waals surface area contributed by atoms with Gasteiger partial charge in [-0.2, -0.15) is 5.26 Å². The summed E-state index contributed by atoms with van der Waals surface area (Å²) in [7, 11) is 0. The van der Waals surface area contributed by atoms with Crippen LogP contribution in [0.2, 0.25) is 0 Å². The van der Waals surface area contributed by atoms with Gasteiger partial charge in [-0.15, -0.1) is 0 Å². The number of rotatable bonds is 2. The molecule has 88 valence electrons. The first kappa shape index (κ1) is 10.8. The van der Waals surface area contributed by atoms with E-state index >= 15 is 0 Å². The van der Waals surface area contributed by atoms with Crippen molar-refractivity contribution in [3.05, 3.63) is 35.9 Å². The number of nitrogens with zero attached hydrogens (tertiary/aromatic N) is 2. The van der Waals surface area contributed by atoms with Gasteiger partial charge in [0, 0.05) is 13.1 Å². The fraction of sp³-hybridized carbons (Fsp3) is 0.533. The Hall–Kier alpha value is -1.33. The summed E-state index contributed by atoms with van der Waals surface area (Å²) in [5.41, 5.74) is 1.40. The summed E-state index contributed by atoms with van der Waals surface area (Å²) >= 11 is 0. The highest BCUT2D eigenvalue weighted by atomic mass is 15.2. The zero-order valence-corrected chi connectivity index (χ0v) is 10.1. The number of likely N-dealkylation sites (tertiary alicyclic amines) is 1. The molecule has 1 saturated carbocycles. The van der Waals surface area contributed by atoms with Gasteiger partial charge in [0.15, 0.2) is 0 Å². The van der Waals surface area contributed by atoms with E-state index in [1.54, 1.807) is 0 Å². The van der Waals surface area contributed by atoms with Crippen LogP contribution in [0.4, 0.5) is 0 Å². The monoisotopic (exact) mass is 226 g/mol. The fourth-order valence-corrected chi connectivity index (χ4v) is 2.98. The quantitative estimate of drug-likeness (QED) is 0.775. The average molecular weight is 226 g/mol. The summed E-state index contributed by atoms with van der Waals surface area (Å²) in [5.74, 6) is 0.696. The topological polar surface area (TPSA) is 27.0 Å². The van der Waals surface area contributed by atoms with Crippen molar-refractivity contribution in [2.75, 3.05) is 13.1 Å². The third-order valence-corrected chi connectivity index (χ3v) is 4.30. The molecule has 1 aromatic carbocycles. The van der Waals surface area contributed by atoms with Crippen LogP contribution in [0.5, 0.6) is 0 Å². The average Bonchev–Trinajstić information content (AvgIpc) is 3.21. The lowest BCUT2D eigenvalue weighted by atomic mass is 9.89. The molecule has 2 heteroatoms. The Balaban J connectivity index is 1.64. The minimum atomic E-state index is -0.0678. The van der Waals surface area contributed by atoms with Crippen molar-refractivity contribution in [3.8, 4) is 6.07 Å². The van der Waals surface area contributed by atoms with Gasteiger partial charge in [0.05, 0.1) is 6.07 Å². The van der Waals surface area contributed by atoms with Gasteiger partial charge >= 0.3 is 0 Å². The summed E-state index contributed by atoms with van der Waals surface area (Å²) < 4.78 is 0. The molecule has 0 bridgehead atoms. The van der Waals surface area contributed by atoms with Gasteiger partial charge in [0.25, 0.3) is 0 Å². The SMILES string of the molecule is N#CC1(N2CCC(c3ccccc3)CC2)CC1. The number of benzene rings is 1. The molecule has 17 heavy (non-hydrogen) atoms. The Morgan fingerprint density at radius 3 is 2.29 bits per heavy atom. The predicted molar refractivity (Wildman–Crippen MR) is 67.6 cm³/mol. The van der Waals surface area contributed by atoms with Gasteiger partial charge in [-0.05, 0) is 37.2 Å². The third kappa shape index (κ3) is 1.96. The maximum absolute atomic E-state index is 9.20. The minimum absolute atomic E-state index is 0.0678. The van der Waals surface area contributed by atoms with Crippen molar-refractivity contribution >= 4 is 0 Å². The van der Waals surface area contributed by atoms with E-state index in [-0.39, 0.29) is 5.54 Å². The smallest absolute Gasteiger partial charge is 0.109 e. The van der Waals surface area contributed by atoms with Crippen LogP contribution in [0.1, 0.15) is 37.2 Å². The molecule has 2 aliphatic rings. The molecule has 0 amide bonds. The lowest BCUT2D eigenvalue weighted by Crippen LogP contribution is -2.41. The van der Waals surface area contributed by atoms with Gasteiger partial charge in [-0.25, -0.2) is 0 Å². The lowest BCUT2D eigenvalue weighted by molar-refractivity contribution is 0.168. The molecule has 1 heterocycles. The summed E-state index contributed by atoms with van der Waals surface area (Å²) in [6.45, 7) is 2.18. The second kappa shape index (κ2) is 4.16. The first-order valence-corrected chi connectivity index (χ1v) is 6.55. The van der Waals surface area contributed by atoms with Crippen LogP contribution in [-0.2, 0) is 0 Å². The van der Waals surface area contributed by atoms with E-state index in [9.17, 15) is 5.26 Å². The van der Waals surface area contributed by atoms with E-state index in [0.29, 0.717) is 5.92 Å². The standard InChI is InChI=1S/C15H18N2/c16-12-15(8-9-15)17-10-6-14(7-11-17)13-4-2-1-3-5-13/h1-5,14H,6-11H2. The molecular formula is C15H18N2. The zero-order chi connectivity index (χ0) is 11.7. The van der Waals surface area contributed by atoms with Gasteiger partial charge in [-0.1, -0.05) is 30.3 Å². The van der Waals surface area contributed by atoms with Crippen LogP contribution in [0.25, 0.3) is 0 Å². The van der Waals surface area contributed by atoms with Gasteiger partial charge in [-0.3, -0.25) is 4.90 Å². The molecular weight excluding hydrogens is 208 g/mol. The van der Waals surface area contributed by atoms with Gasteiger partial charge in [0.1, 0.15) is 5.54 Å². The number of nitriles is 1. The van der Waals surface area contributed by atoms with Crippen molar-refractivity contribution in [3.63, 3.8) is 0 Å². The van der Waals surface area contributed by atoms with Crippen LogP contribution < -0.4 is 0 Å². The minimum Gasteiger partial charge on any atom is -0.285 e. The van der Waals surface area contributed by atoms with Crippen molar-refractivity contribution < 1.29 is 0 Å². The molecule has 0 aromatic heterocycles. The van der Waals surface area contributed by atoms with Crippen LogP contribution in [0.15, 0.2) is 30.3 Å². The van der Waals surface area contributed by atoms with Crippen molar-refractivity contribution in [2.24, 2.45) is 0 Å². The number of hydrogen-bond donors (Lipinski definition) is 0. The normalized spacial score (nSPS) is 24.2. The van der Waals surface area contributed by atoms with Crippen molar-refractivity contribution in [2.45, 2.75) is 37.1 Å². The largest absolute Gasteiger partial charge is 0.285 e. The van der Waals surface area contributed by atoms with Crippen molar-refractivity contribution in [1.29, 1.82) is 5.26 Å². The third-order valence-electron chi connectivity index (χ3n) is 4.30. The van der Waals surface area contributed by atoms with Gasteiger partial charge in [0.2, 0.25) is 0 Å². The molecule has 0 unspecified atom stereocenters. The molecule has 2 nitrogen and oxygen atoms in total. The maximum atomic E-state index is 9.20. The summed E-state index contributed by atoms with van der Waals surface area (Å²) in [6, 6.07) is 13.3. The van der Waals surface area contributed by atoms with Gasteiger partial charge < -0.3 is 0 Å². The molecule has 0 N–H and O–H groups in total. The molecule has 0 atom stereocenters. The Labute approximate surface area is 103 Å². The van der Waals surface area contributed by atoms with E-state index in [0.717, 1.165) is 25.9 Å². The highest BCUT2D eigenvalue weighted by molar-refractivity contribution is 5.23. The zero-order valence-electron chi connectivity index (χ0n) is 10.1. The van der Waals surface area contributed by atoms with E-state index in [2.05, 4.69) is 41.3 Å². The first-order chi connectivity index (χ1) is 8.34. The molecule has 1 saturated heterocycles.